The molecule has 0 fully saturated rings. The zero-order valence-corrected chi connectivity index (χ0v) is 8.80. The second-order valence-corrected chi connectivity index (χ2v) is 4.27. The number of methoxy groups -OCH3 is 1. The summed E-state index contributed by atoms with van der Waals surface area (Å²) in [5.74, 6) is 0. The number of nitrogens with one attached hydrogen (secondary N) is 2. The van der Waals surface area contributed by atoms with Gasteiger partial charge in [-0.3, -0.25) is 5.32 Å². The molecule has 0 aliphatic rings. The molecule has 0 aromatic heterocycles. The Kier molecular flexibility index (Phi) is 5.01. The third-order valence-electron chi connectivity index (χ3n) is 1.06. The third-order valence-corrected chi connectivity index (χ3v) is 1.72. The number of hydrogen-bond donors (Lipinski definition) is 2. The number of alkyl halides is 3. The van der Waals surface area contributed by atoms with Crippen molar-refractivity contribution in [1.29, 1.82) is 0 Å². The molecule has 12 heavy (non-hydrogen) atoms. The van der Waals surface area contributed by atoms with E-state index < -0.39 is 16.1 Å². The van der Waals surface area contributed by atoms with Gasteiger partial charge < -0.3 is 10.1 Å². The van der Waals surface area contributed by atoms with Crippen LogP contribution in [0.25, 0.3) is 0 Å². The van der Waals surface area contributed by atoms with E-state index in [1.54, 1.807) is 7.05 Å². The van der Waals surface area contributed by atoms with Crippen molar-refractivity contribution < 1.29 is 9.53 Å². The van der Waals surface area contributed by atoms with Crippen molar-refractivity contribution in [2.75, 3.05) is 14.2 Å². The predicted molar refractivity (Wildman–Crippen MR) is 48.7 cm³/mol. The average molecular weight is 235 g/mol. The molecule has 1 atom stereocenters. The Balaban J connectivity index is 4.09. The summed E-state index contributed by atoms with van der Waals surface area (Å²) in [5, 5.41) is 4.89. The van der Waals surface area contributed by atoms with E-state index >= 15 is 0 Å². The highest BCUT2D eigenvalue weighted by atomic mass is 35.6. The fourth-order valence-electron chi connectivity index (χ4n) is 0.494. The van der Waals surface area contributed by atoms with E-state index in [0.717, 1.165) is 0 Å². The molecule has 0 saturated carbocycles. The fourth-order valence-corrected chi connectivity index (χ4v) is 0.985. The molecule has 2 N–H and O–H groups in total. The van der Waals surface area contributed by atoms with Crippen molar-refractivity contribution in [3.05, 3.63) is 0 Å². The van der Waals surface area contributed by atoms with Gasteiger partial charge in [0.25, 0.3) is 0 Å². The van der Waals surface area contributed by atoms with Crippen LogP contribution in [0.3, 0.4) is 0 Å². The lowest BCUT2D eigenvalue weighted by molar-refractivity contribution is 0.165. The smallest absolute Gasteiger partial charge is 0.408 e. The summed E-state index contributed by atoms with van der Waals surface area (Å²) in [6.45, 7) is 0. The van der Waals surface area contributed by atoms with Crippen LogP contribution < -0.4 is 10.6 Å². The Bertz CT molecular complexity index is 159. The SMILES string of the molecule is CNC(NC(=O)OC)C(Cl)(Cl)Cl. The van der Waals surface area contributed by atoms with Crippen molar-refractivity contribution in [3.8, 4) is 0 Å². The molecule has 0 heterocycles. The highest BCUT2D eigenvalue weighted by Crippen LogP contribution is 2.28. The normalized spacial score (nSPS) is 13.8. The number of ether oxygens (including phenoxy) is 1. The maximum absolute atomic E-state index is 10.7. The first kappa shape index (κ1) is 12.1. The second-order valence-electron chi connectivity index (χ2n) is 1.90. The van der Waals surface area contributed by atoms with Crippen molar-refractivity contribution >= 4 is 40.9 Å². The molecule has 1 amide bonds. The van der Waals surface area contributed by atoms with Crippen LogP contribution in [0.15, 0.2) is 0 Å². The average Bonchev–Trinajstić information content (AvgIpc) is 1.97. The van der Waals surface area contributed by atoms with Crippen LogP contribution in [0.5, 0.6) is 0 Å². The Morgan fingerprint density at radius 3 is 2.25 bits per heavy atom. The van der Waals surface area contributed by atoms with Crippen LogP contribution in [0, 0.1) is 0 Å². The first-order valence-corrected chi connectivity index (χ1v) is 4.13. The molecule has 4 nitrogen and oxygen atoms in total. The van der Waals surface area contributed by atoms with E-state index in [9.17, 15) is 4.79 Å². The number of alkyl carbamates (subject to hydrolysis) is 1. The Labute approximate surface area is 85.5 Å². The maximum atomic E-state index is 10.7. The number of rotatable bonds is 2. The van der Waals surface area contributed by atoms with Crippen LogP contribution >= 0.6 is 34.8 Å². The first-order valence-electron chi connectivity index (χ1n) is 3.00. The molecule has 0 radical (unpaired) electrons. The van der Waals surface area contributed by atoms with E-state index in [1.807, 2.05) is 0 Å². The Morgan fingerprint density at radius 2 is 2.00 bits per heavy atom. The highest BCUT2D eigenvalue weighted by Gasteiger charge is 2.32. The van der Waals surface area contributed by atoms with Gasteiger partial charge in [-0.1, -0.05) is 34.8 Å². The van der Waals surface area contributed by atoms with Gasteiger partial charge in [0.1, 0.15) is 6.17 Å². The lowest BCUT2D eigenvalue weighted by Gasteiger charge is -2.23. The molecule has 0 spiro atoms. The molecule has 0 bridgehead atoms. The number of halogens is 3. The minimum atomic E-state index is -1.61. The Hall–Kier alpha value is 0.1000. The van der Waals surface area contributed by atoms with Crippen LogP contribution in [0.1, 0.15) is 0 Å². The van der Waals surface area contributed by atoms with Gasteiger partial charge in [0.05, 0.1) is 7.11 Å². The largest absolute Gasteiger partial charge is 0.453 e. The van der Waals surface area contributed by atoms with Gasteiger partial charge in [-0.05, 0) is 7.05 Å². The molecule has 0 aromatic carbocycles. The van der Waals surface area contributed by atoms with Gasteiger partial charge >= 0.3 is 6.09 Å². The fraction of sp³-hybridized carbons (Fsp3) is 0.800. The summed E-state index contributed by atoms with van der Waals surface area (Å²) < 4.78 is 2.70. The minimum Gasteiger partial charge on any atom is -0.453 e. The number of carbonyl (C=O) groups excluding carboxylic acids is 1. The standard InChI is InChI=1S/C5H9Cl3N2O2/c1-9-3(5(6,7)8)10-4(11)12-2/h3,9H,1-2H3,(H,10,11). The summed E-state index contributed by atoms with van der Waals surface area (Å²) in [6.07, 6.45) is -1.45. The molecule has 0 aliphatic carbocycles. The number of hydrogen-bond acceptors (Lipinski definition) is 3. The van der Waals surface area contributed by atoms with Crippen molar-refractivity contribution in [1.82, 2.24) is 10.6 Å². The maximum Gasteiger partial charge on any atom is 0.408 e. The lowest BCUT2D eigenvalue weighted by Crippen LogP contribution is -2.51. The van der Waals surface area contributed by atoms with Gasteiger partial charge in [-0.25, -0.2) is 4.79 Å². The molecule has 0 rings (SSSR count). The van der Waals surface area contributed by atoms with Crippen LogP contribution in [0.2, 0.25) is 0 Å². The van der Waals surface area contributed by atoms with Crippen molar-refractivity contribution in [3.63, 3.8) is 0 Å². The monoisotopic (exact) mass is 234 g/mol. The zero-order chi connectivity index (χ0) is 9.78. The van der Waals surface area contributed by atoms with Gasteiger partial charge in [0, 0.05) is 0 Å². The van der Waals surface area contributed by atoms with Gasteiger partial charge in [0.2, 0.25) is 3.79 Å². The van der Waals surface area contributed by atoms with Crippen LogP contribution in [-0.2, 0) is 4.74 Å². The topological polar surface area (TPSA) is 50.4 Å². The zero-order valence-electron chi connectivity index (χ0n) is 6.53. The van der Waals surface area contributed by atoms with E-state index in [1.165, 1.54) is 7.11 Å². The second kappa shape index (κ2) is 4.97. The lowest BCUT2D eigenvalue weighted by atomic mass is 10.5. The molecular weight excluding hydrogens is 226 g/mol. The predicted octanol–water partition coefficient (Wildman–Crippen LogP) is 1.26. The van der Waals surface area contributed by atoms with Crippen molar-refractivity contribution in [2.24, 2.45) is 0 Å². The van der Waals surface area contributed by atoms with E-state index in [-0.39, 0.29) is 0 Å². The Morgan fingerprint density at radius 1 is 1.50 bits per heavy atom. The number of carbonyl (C=O) groups is 1. The molecule has 0 saturated heterocycles. The highest BCUT2D eigenvalue weighted by molar-refractivity contribution is 6.68. The summed E-state index contributed by atoms with van der Waals surface area (Å²) in [7, 11) is 2.77. The molecule has 0 aliphatic heterocycles. The van der Waals surface area contributed by atoms with Gasteiger partial charge in [-0.15, -0.1) is 0 Å². The summed E-state index contributed by atoms with van der Waals surface area (Å²) in [6, 6.07) is 0. The molecular formula is C5H9Cl3N2O2. The minimum absolute atomic E-state index is 0.666. The molecule has 0 aromatic rings. The molecule has 72 valence electrons. The molecule has 1 unspecified atom stereocenters. The van der Waals surface area contributed by atoms with Gasteiger partial charge in [0.15, 0.2) is 0 Å². The number of amides is 1. The summed E-state index contributed by atoms with van der Waals surface area (Å²) in [4.78, 5) is 10.7. The van der Waals surface area contributed by atoms with E-state index in [4.69, 9.17) is 34.8 Å². The molecule has 7 heteroatoms. The summed E-state index contributed by atoms with van der Waals surface area (Å²) in [5.41, 5.74) is 0. The van der Waals surface area contributed by atoms with E-state index in [0.29, 0.717) is 0 Å². The van der Waals surface area contributed by atoms with Crippen LogP contribution in [-0.4, -0.2) is 30.2 Å². The van der Waals surface area contributed by atoms with Crippen molar-refractivity contribution in [2.45, 2.75) is 9.96 Å². The van der Waals surface area contributed by atoms with E-state index in [2.05, 4.69) is 15.4 Å². The van der Waals surface area contributed by atoms with Crippen LogP contribution in [0.4, 0.5) is 4.79 Å². The summed E-state index contributed by atoms with van der Waals surface area (Å²) >= 11 is 16.5. The first-order chi connectivity index (χ1) is 5.41. The van der Waals surface area contributed by atoms with Gasteiger partial charge in [-0.2, -0.15) is 0 Å². The quantitative estimate of drug-likeness (QED) is 0.560. The third kappa shape index (κ3) is 4.21.